The van der Waals surface area contributed by atoms with E-state index in [9.17, 15) is 4.39 Å². The largest absolute Gasteiger partial charge is 0.396 e. The molecule has 0 bridgehead atoms. The predicted octanol–water partition coefficient (Wildman–Crippen LogP) is 2.68. The number of aliphatic hydroxyl groups excluding tert-OH is 1. The van der Waals surface area contributed by atoms with Gasteiger partial charge in [-0.25, -0.2) is 4.39 Å². The number of halogens is 1. The Hall–Kier alpha value is -1.44. The fraction of sp³-hybridized carbons (Fsp3) is 0.562. The summed E-state index contributed by atoms with van der Waals surface area (Å²) in [6.07, 6.45) is 4.15. The van der Waals surface area contributed by atoms with E-state index in [1.165, 1.54) is 12.1 Å². The Morgan fingerprint density at radius 2 is 2.05 bits per heavy atom. The zero-order valence-corrected chi connectivity index (χ0v) is 11.8. The second-order valence-corrected chi connectivity index (χ2v) is 5.69. The summed E-state index contributed by atoms with van der Waals surface area (Å²) in [5.41, 5.74) is 1.08. The second kappa shape index (κ2) is 6.83. The number of hydrogen-bond donors (Lipinski definition) is 1. The number of rotatable bonds is 4. The molecule has 108 valence electrons. The van der Waals surface area contributed by atoms with Crippen LogP contribution in [0.3, 0.4) is 0 Å². The maximum atomic E-state index is 13.8. The van der Waals surface area contributed by atoms with Crippen molar-refractivity contribution in [1.29, 1.82) is 5.26 Å². The highest BCUT2D eigenvalue weighted by atomic mass is 19.1. The minimum Gasteiger partial charge on any atom is -0.396 e. The van der Waals surface area contributed by atoms with Crippen molar-refractivity contribution in [2.75, 3.05) is 13.7 Å². The highest BCUT2D eigenvalue weighted by Crippen LogP contribution is 2.27. The van der Waals surface area contributed by atoms with Gasteiger partial charge >= 0.3 is 0 Å². The molecule has 2 rings (SSSR count). The van der Waals surface area contributed by atoms with Crippen LogP contribution in [0.4, 0.5) is 4.39 Å². The van der Waals surface area contributed by atoms with Crippen LogP contribution in [0, 0.1) is 23.1 Å². The van der Waals surface area contributed by atoms with E-state index >= 15 is 0 Å². The molecule has 1 fully saturated rings. The molecule has 20 heavy (non-hydrogen) atoms. The standard InChI is InChI=1S/C16H21FN2O/c1-19(15-5-2-12(11-20)3-6-15)10-14-8-13(9-18)4-7-16(14)17/h4,7-8,12,15,20H,2-3,5-6,10-11H2,1H3. The zero-order chi connectivity index (χ0) is 14.5. The highest BCUT2D eigenvalue weighted by Gasteiger charge is 2.24. The first-order valence-corrected chi connectivity index (χ1v) is 7.13. The minimum atomic E-state index is -0.250. The number of hydrogen-bond acceptors (Lipinski definition) is 3. The van der Waals surface area contributed by atoms with Crippen LogP contribution in [-0.4, -0.2) is 29.7 Å². The molecule has 3 nitrogen and oxygen atoms in total. The molecule has 1 N–H and O–H groups in total. The van der Waals surface area contributed by atoms with E-state index in [2.05, 4.69) is 4.90 Å². The molecule has 1 aromatic rings. The Labute approximate surface area is 119 Å². The minimum absolute atomic E-state index is 0.250. The second-order valence-electron chi connectivity index (χ2n) is 5.69. The van der Waals surface area contributed by atoms with E-state index in [4.69, 9.17) is 10.4 Å². The molecule has 0 amide bonds. The Bertz CT molecular complexity index is 490. The van der Waals surface area contributed by atoms with Gasteiger partial charge in [-0.05, 0) is 56.8 Å². The molecule has 0 saturated heterocycles. The lowest BCUT2D eigenvalue weighted by Gasteiger charge is -2.34. The summed E-state index contributed by atoms with van der Waals surface area (Å²) in [7, 11) is 2.00. The summed E-state index contributed by atoms with van der Waals surface area (Å²) in [6.45, 7) is 0.797. The third-order valence-corrected chi connectivity index (χ3v) is 4.29. The summed E-state index contributed by atoms with van der Waals surface area (Å²) in [5, 5.41) is 18.0. The van der Waals surface area contributed by atoms with Gasteiger partial charge in [0.1, 0.15) is 5.82 Å². The Morgan fingerprint density at radius 1 is 1.35 bits per heavy atom. The van der Waals surface area contributed by atoms with Gasteiger partial charge in [-0.1, -0.05) is 0 Å². The normalized spacial score (nSPS) is 22.8. The molecule has 0 heterocycles. The van der Waals surface area contributed by atoms with E-state index in [1.807, 2.05) is 13.1 Å². The molecule has 0 aliphatic heterocycles. The molecule has 0 unspecified atom stereocenters. The van der Waals surface area contributed by atoms with E-state index in [0.717, 1.165) is 25.7 Å². The van der Waals surface area contributed by atoms with Gasteiger partial charge in [0, 0.05) is 24.8 Å². The number of nitrogens with zero attached hydrogens (tertiary/aromatic N) is 2. The predicted molar refractivity (Wildman–Crippen MR) is 75.4 cm³/mol. The fourth-order valence-corrected chi connectivity index (χ4v) is 2.93. The Balaban J connectivity index is 1.98. The summed E-state index contributed by atoms with van der Waals surface area (Å²) in [5.74, 6) is 0.179. The van der Waals surface area contributed by atoms with Gasteiger partial charge in [0.15, 0.2) is 0 Å². The van der Waals surface area contributed by atoms with E-state index < -0.39 is 0 Å². The Kier molecular flexibility index (Phi) is 5.11. The van der Waals surface area contributed by atoms with Crippen molar-refractivity contribution in [3.63, 3.8) is 0 Å². The highest BCUT2D eigenvalue weighted by molar-refractivity contribution is 5.33. The molecule has 0 atom stereocenters. The lowest BCUT2D eigenvalue weighted by molar-refractivity contribution is 0.123. The number of nitriles is 1. The average molecular weight is 276 g/mol. The summed E-state index contributed by atoms with van der Waals surface area (Å²) >= 11 is 0. The van der Waals surface area contributed by atoms with Crippen LogP contribution in [-0.2, 0) is 6.54 Å². The molecule has 1 aliphatic rings. The molecule has 1 aliphatic carbocycles. The number of benzene rings is 1. The summed E-state index contributed by atoms with van der Waals surface area (Å²) in [4.78, 5) is 2.16. The quantitative estimate of drug-likeness (QED) is 0.919. The van der Waals surface area contributed by atoms with Crippen molar-refractivity contribution in [2.24, 2.45) is 5.92 Å². The molecule has 1 aromatic carbocycles. The van der Waals surface area contributed by atoms with E-state index in [-0.39, 0.29) is 12.4 Å². The van der Waals surface area contributed by atoms with Gasteiger partial charge < -0.3 is 5.11 Å². The van der Waals surface area contributed by atoms with Gasteiger partial charge in [0.2, 0.25) is 0 Å². The summed E-state index contributed by atoms with van der Waals surface area (Å²) in [6, 6.07) is 6.98. The molecular weight excluding hydrogens is 255 g/mol. The first-order chi connectivity index (χ1) is 9.63. The molecule has 1 saturated carbocycles. The van der Waals surface area contributed by atoms with Gasteiger partial charge in [-0.15, -0.1) is 0 Å². The van der Waals surface area contributed by atoms with Crippen molar-refractivity contribution in [2.45, 2.75) is 38.3 Å². The molecular formula is C16H21FN2O. The van der Waals surface area contributed by atoms with Crippen LogP contribution in [0.5, 0.6) is 0 Å². The lowest BCUT2D eigenvalue weighted by Crippen LogP contribution is -2.35. The van der Waals surface area contributed by atoms with Crippen LogP contribution < -0.4 is 0 Å². The monoisotopic (exact) mass is 276 g/mol. The molecule has 0 radical (unpaired) electrons. The SMILES string of the molecule is CN(Cc1cc(C#N)ccc1F)C1CCC(CO)CC1. The van der Waals surface area contributed by atoms with Crippen molar-refractivity contribution >= 4 is 0 Å². The fourth-order valence-electron chi connectivity index (χ4n) is 2.93. The summed E-state index contributed by atoms with van der Waals surface area (Å²) < 4.78 is 13.8. The third kappa shape index (κ3) is 3.56. The van der Waals surface area contributed by atoms with Crippen molar-refractivity contribution in [3.8, 4) is 6.07 Å². The van der Waals surface area contributed by atoms with Crippen molar-refractivity contribution < 1.29 is 9.50 Å². The average Bonchev–Trinajstić information content (AvgIpc) is 2.49. The maximum Gasteiger partial charge on any atom is 0.127 e. The van der Waals surface area contributed by atoms with E-state index in [1.54, 1.807) is 6.07 Å². The van der Waals surface area contributed by atoms with Crippen LogP contribution >= 0.6 is 0 Å². The van der Waals surface area contributed by atoms with E-state index in [0.29, 0.717) is 29.6 Å². The van der Waals surface area contributed by atoms with Crippen LogP contribution in [0.15, 0.2) is 18.2 Å². The van der Waals surface area contributed by atoms with Crippen LogP contribution in [0.2, 0.25) is 0 Å². The van der Waals surface area contributed by atoms with Gasteiger partial charge in [0.05, 0.1) is 11.6 Å². The lowest BCUT2D eigenvalue weighted by atomic mass is 9.86. The van der Waals surface area contributed by atoms with Gasteiger partial charge in [0.25, 0.3) is 0 Å². The molecule has 0 spiro atoms. The molecule has 4 heteroatoms. The first kappa shape index (κ1) is 15.0. The smallest absolute Gasteiger partial charge is 0.127 e. The van der Waals surface area contributed by atoms with Gasteiger partial charge in [-0.3, -0.25) is 4.90 Å². The topological polar surface area (TPSA) is 47.3 Å². The Morgan fingerprint density at radius 3 is 2.65 bits per heavy atom. The molecule has 0 aromatic heterocycles. The first-order valence-electron chi connectivity index (χ1n) is 7.13. The third-order valence-electron chi connectivity index (χ3n) is 4.29. The van der Waals surface area contributed by atoms with Crippen LogP contribution in [0.1, 0.15) is 36.8 Å². The van der Waals surface area contributed by atoms with Crippen molar-refractivity contribution in [3.05, 3.63) is 35.1 Å². The zero-order valence-electron chi connectivity index (χ0n) is 11.8. The number of aliphatic hydroxyl groups is 1. The van der Waals surface area contributed by atoms with Crippen LogP contribution in [0.25, 0.3) is 0 Å². The van der Waals surface area contributed by atoms with Crippen molar-refractivity contribution in [1.82, 2.24) is 4.90 Å². The van der Waals surface area contributed by atoms with Gasteiger partial charge in [-0.2, -0.15) is 5.26 Å². The maximum absolute atomic E-state index is 13.8.